The van der Waals surface area contributed by atoms with Crippen molar-refractivity contribution in [3.63, 3.8) is 0 Å². The molecule has 2 fully saturated rings. The number of carbonyl (C=O) groups excluding carboxylic acids is 1. The summed E-state index contributed by atoms with van der Waals surface area (Å²) >= 11 is 1.54. The molecule has 2 aromatic heterocycles. The van der Waals surface area contributed by atoms with Crippen molar-refractivity contribution >= 4 is 23.2 Å². The normalized spacial score (nSPS) is 23.0. The highest BCUT2D eigenvalue weighted by Gasteiger charge is 2.50. The zero-order valence-corrected chi connectivity index (χ0v) is 17.3. The number of thiophene rings is 1. The van der Waals surface area contributed by atoms with Crippen LogP contribution in [0.25, 0.3) is 0 Å². The van der Waals surface area contributed by atoms with Crippen LogP contribution in [-0.4, -0.2) is 65.9 Å². The second kappa shape index (κ2) is 9.75. The molecule has 2 aliphatic heterocycles. The first-order valence-corrected chi connectivity index (χ1v) is 10.4. The number of nitrogens with zero attached hydrogens (tertiary/aromatic N) is 2. The van der Waals surface area contributed by atoms with Gasteiger partial charge in [0.15, 0.2) is 0 Å². The van der Waals surface area contributed by atoms with E-state index in [0.29, 0.717) is 12.5 Å². The Hall–Kier alpha value is -2.50. The largest absolute Gasteiger partial charge is 0.490 e. The molecule has 2 atom stereocenters. The van der Waals surface area contributed by atoms with E-state index in [2.05, 4.69) is 21.3 Å². The number of alkyl halides is 3. The summed E-state index contributed by atoms with van der Waals surface area (Å²) in [5.74, 6) is -2.27. The van der Waals surface area contributed by atoms with Crippen LogP contribution in [0.2, 0.25) is 0 Å². The Morgan fingerprint density at radius 1 is 1.35 bits per heavy atom. The molecule has 168 valence electrons. The minimum Gasteiger partial charge on any atom is -0.475 e. The lowest BCUT2D eigenvalue weighted by Crippen LogP contribution is -2.43. The number of nitrogens with one attached hydrogen (secondary N) is 1. The number of rotatable bonds is 5. The molecule has 4 rings (SSSR count). The van der Waals surface area contributed by atoms with Gasteiger partial charge in [-0.3, -0.25) is 14.7 Å². The lowest BCUT2D eigenvalue weighted by Gasteiger charge is -2.27. The summed E-state index contributed by atoms with van der Waals surface area (Å²) in [4.78, 5) is 28.0. The third kappa shape index (κ3) is 6.02. The summed E-state index contributed by atoms with van der Waals surface area (Å²) in [5, 5.41) is 14.1. The van der Waals surface area contributed by atoms with Gasteiger partial charge >= 0.3 is 12.1 Å². The SMILES string of the molecule is O=C(NC[C@]12COC[C@H]1CN(Cc1ccccn1)C2)c1ccsc1.O=C(O)C(F)(F)F. The lowest BCUT2D eigenvalue weighted by molar-refractivity contribution is -0.192. The standard InChI is InChI=1S/C18H21N3O2S.C2HF3O2/c22-17(14-4-6-24-10-14)20-11-18-12-21(7-15(18)9-23-13-18)8-16-3-1-2-5-19-16;3-2(4,5)1(6)7/h1-6,10,15H,7-9,11-13H2,(H,20,22);(H,6,7)/t15-,18+;/m1./s1. The molecule has 7 nitrogen and oxygen atoms in total. The maximum absolute atomic E-state index is 12.3. The molecule has 2 saturated heterocycles. The van der Waals surface area contributed by atoms with Crippen LogP contribution in [0.3, 0.4) is 0 Å². The van der Waals surface area contributed by atoms with Gasteiger partial charge in [-0.2, -0.15) is 24.5 Å². The Balaban J connectivity index is 0.000000339. The van der Waals surface area contributed by atoms with Crippen LogP contribution in [0.15, 0.2) is 41.2 Å². The third-order valence-electron chi connectivity index (χ3n) is 5.33. The van der Waals surface area contributed by atoms with Gasteiger partial charge in [0.1, 0.15) is 0 Å². The fourth-order valence-electron chi connectivity index (χ4n) is 3.79. The first-order chi connectivity index (χ1) is 14.7. The summed E-state index contributed by atoms with van der Waals surface area (Å²) in [6.07, 6.45) is -3.24. The van der Waals surface area contributed by atoms with Crippen molar-refractivity contribution in [2.45, 2.75) is 12.7 Å². The number of hydrogen-bond donors (Lipinski definition) is 2. The molecule has 0 aliphatic carbocycles. The van der Waals surface area contributed by atoms with E-state index in [1.54, 1.807) is 11.3 Å². The lowest BCUT2D eigenvalue weighted by atomic mass is 9.81. The molecule has 1 amide bonds. The van der Waals surface area contributed by atoms with Crippen molar-refractivity contribution in [2.24, 2.45) is 11.3 Å². The Kier molecular flexibility index (Phi) is 7.29. The zero-order chi connectivity index (χ0) is 22.5. The number of carboxylic acids is 1. The molecule has 0 aromatic carbocycles. The smallest absolute Gasteiger partial charge is 0.475 e. The average Bonchev–Trinajstić information content (AvgIpc) is 3.43. The number of aliphatic carboxylic acids is 1. The van der Waals surface area contributed by atoms with Crippen molar-refractivity contribution in [1.82, 2.24) is 15.2 Å². The number of hydrogen-bond acceptors (Lipinski definition) is 6. The Bertz CT molecular complexity index is 880. The number of pyridine rings is 1. The van der Waals surface area contributed by atoms with Crippen molar-refractivity contribution in [1.29, 1.82) is 0 Å². The second-order valence-corrected chi connectivity index (χ2v) is 8.34. The number of halogens is 3. The topological polar surface area (TPSA) is 91.8 Å². The molecule has 0 radical (unpaired) electrons. The predicted octanol–water partition coefficient (Wildman–Crippen LogP) is 2.65. The summed E-state index contributed by atoms with van der Waals surface area (Å²) in [6.45, 7) is 4.99. The number of aromatic nitrogens is 1. The van der Waals surface area contributed by atoms with E-state index in [9.17, 15) is 18.0 Å². The highest BCUT2D eigenvalue weighted by Crippen LogP contribution is 2.41. The number of carbonyl (C=O) groups is 2. The summed E-state index contributed by atoms with van der Waals surface area (Å²) in [6, 6.07) is 7.90. The number of likely N-dealkylation sites (tertiary alicyclic amines) is 1. The second-order valence-electron chi connectivity index (χ2n) is 7.56. The van der Waals surface area contributed by atoms with Gasteiger partial charge in [-0.25, -0.2) is 4.79 Å². The highest BCUT2D eigenvalue weighted by molar-refractivity contribution is 7.08. The van der Waals surface area contributed by atoms with Gasteiger partial charge in [0, 0.05) is 54.7 Å². The van der Waals surface area contributed by atoms with Crippen molar-refractivity contribution in [2.75, 3.05) is 32.8 Å². The average molecular weight is 457 g/mol. The van der Waals surface area contributed by atoms with Crippen molar-refractivity contribution < 1.29 is 32.6 Å². The van der Waals surface area contributed by atoms with Crippen LogP contribution in [0.4, 0.5) is 13.2 Å². The molecule has 4 heterocycles. The van der Waals surface area contributed by atoms with Crippen molar-refractivity contribution in [3.8, 4) is 0 Å². The molecule has 31 heavy (non-hydrogen) atoms. The minimum atomic E-state index is -5.08. The molecular weight excluding hydrogens is 435 g/mol. The van der Waals surface area contributed by atoms with Crippen LogP contribution in [0, 0.1) is 11.3 Å². The van der Waals surface area contributed by atoms with Gasteiger partial charge in [0.25, 0.3) is 5.91 Å². The molecule has 0 spiro atoms. The van der Waals surface area contributed by atoms with Crippen molar-refractivity contribution in [3.05, 3.63) is 52.5 Å². The maximum Gasteiger partial charge on any atom is 0.490 e. The molecule has 0 unspecified atom stereocenters. The van der Waals surface area contributed by atoms with E-state index < -0.39 is 12.1 Å². The Morgan fingerprint density at radius 2 is 2.13 bits per heavy atom. The molecule has 0 bridgehead atoms. The maximum atomic E-state index is 12.3. The van der Waals surface area contributed by atoms with Gasteiger partial charge in [-0.05, 0) is 23.6 Å². The van der Waals surface area contributed by atoms with Gasteiger partial charge in [0.05, 0.1) is 18.9 Å². The Labute approximate surface area is 180 Å². The minimum absolute atomic E-state index is 0.0134. The van der Waals surface area contributed by atoms with Crippen LogP contribution >= 0.6 is 11.3 Å². The Morgan fingerprint density at radius 3 is 2.74 bits per heavy atom. The molecule has 2 aliphatic rings. The number of fused-ring (bicyclic) bond motifs is 1. The fraction of sp³-hybridized carbons (Fsp3) is 0.450. The summed E-state index contributed by atoms with van der Waals surface area (Å²) < 4.78 is 37.5. The van der Waals surface area contributed by atoms with Gasteiger partial charge in [-0.15, -0.1) is 0 Å². The zero-order valence-electron chi connectivity index (χ0n) is 16.5. The monoisotopic (exact) mass is 457 g/mol. The first-order valence-electron chi connectivity index (χ1n) is 9.50. The van der Waals surface area contributed by atoms with Crippen LogP contribution in [0.5, 0.6) is 0 Å². The van der Waals surface area contributed by atoms with E-state index in [-0.39, 0.29) is 11.3 Å². The van der Waals surface area contributed by atoms with Gasteiger partial charge < -0.3 is 15.2 Å². The van der Waals surface area contributed by atoms with Crippen LogP contribution < -0.4 is 5.32 Å². The molecule has 2 N–H and O–H groups in total. The molecule has 2 aromatic rings. The van der Waals surface area contributed by atoms with E-state index >= 15 is 0 Å². The first kappa shape index (κ1) is 23.2. The van der Waals surface area contributed by atoms with E-state index in [1.807, 2.05) is 35.2 Å². The molecule has 11 heteroatoms. The quantitative estimate of drug-likeness (QED) is 0.718. The number of ether oxygens (including phenoxy) is 1. The summed E-state index contributed by atoms with van der Waals surface area (Å²) in [7, 11) is 0. The summed E-state index contributed by atoms with van der Waals surface area (Å²) in [5.41, 5.74) is 1.87. The van der Waals surface area contributed by atoms with Crippen LogP contribution in [0.1, 0.15) is 16.1 Å². The van der Waals surface area contributed by atoms with E-state index in [4.69, 9.17) is 14.6 Å². The molecule has 0 saturated carbocycles. The highest BCUT2D eigenvalue weighted by atomic mass is 32.1. The van der Waals surface area contributed by atoms with E-state index in [0.717, 1.165) is 44.1 Å². The predicted molar refractivity (Wildman–Crippen MR) is 107 cm³/mol. The number of amides is 1. The fourth-order valence-corrected chi connectivity index (χ4v) is 4.42. The van der Waals surface area contributed by atoms with Gasteiger partial charge in [0.2, 0.25) is 0 Å². The van der Waals surface area contributed by atoms with Crippen LogP contribution in [-0.2, 0) is 16.1 Å². The van der Waals surface area contributed by atoms with Gasteiger partial charge in [-0.1, -0.05) is 6.07 Å². The van der Waals surface area contributed by atoms with E-state index in [1.165, 1.54) is 0 Å². The third-order valence-corrected chi connectivity index (χ3v) is 6.01. The number of carboxylic acid groups (broad SMARTS) is 1. The molecular formula is C20H22F3N3O4S.